The van der Waals surface area contributed by atoms with Gasteiger partial charge in [-0.25, -0.2) is 0 Å². The van der Waals surface area contributed by atoms with E-state index in [9.17, 15) is 4.79 Å². The lowest BCUT2D eigenvalue weighted by Gasteiger charge is -2.05. The molecule has 90 valence electrons. The minimum Gasteiger partial charge on any atom is -0.382 e. The lowest BCUT2D eigenvalue weighted by Crippen LogP contribution is -2.16. The first-order valence-electron chi connectivity index (χ1n) is 5.37. The van der Waals surface area contributed by atoms with Crippen molar-refractivity contribution in [3.8, 4) is 0 Å². The second-order valence-electron chi connectivity index (χ2n) is 3.96. The summed E-state index contributed by atoms with van der Waals surface area (Å²) in [6.45, 7) is 0. The number of rotatable bonds is 1. The van der Waals surface area contributed by atoms with Gasteiger partial charge in [0.1, 0.15) is 11.4 Å². The first-order chi connectivity index (χ1) is 8.70. The Hall–Kier alpha value is -2.76. The van der Waals surface area contributed by atoms with Crippen LogP contribution in [0.3, 0.4) is 0 Å². The Balaban J connectivity index is 2.42. The number of hydrazone groups is 1. The van der Waals surface area contributed by atoms with Crippen molar-refractivity contribution in [1.29, 1.82) is 0 Å². The van der Waals surface area contributed by atoms with Crippen molar-refractivity contribution in [1.82, 2.24) is 9.38 Å². The predicted molar refractivity (Wildman–Crippen MR) is 70.4 cm³/mol. The highest BCUT2D eigenvalue weighted by Gasteiger charge is 2.06. The number of hydrogen-bond donors (Lipinski definition) is 3. The molecular weight excluding hydrogens is 230 g/mol. The maximum Gasteiger partial charge on any atom is 0.272 e. The minimum absolute atomic E-state index is 0.145. The van der Waals surface area contributed by atoms with Crippen molar-refractivity contribution in [3.05, 3.63) is 52.4 Å². The van der Waals surface area contributed by atoms with Crippen LogP contribution < -0.4 is 17.1 Å². The van der Waals surface area contributed by atoms with Crippen molar-refractivity contribution in [3.63, 3.8) is 0 Å². The summed E-state index contributed by atoms with van der Waals surface area (Å²) in [6, 6.07) is 9.02. The van der Waals surface area contributed by atoms with E-state index in [0.29, 0.717) is 16.6 Å². The Morgan fingerprint density at radius 1 is 1.28 bits per heavy atom. The van der Waals surface area contributed by atoms with Gasteiger partial charge >= 0.3 is 0 Å². The average Bonchev–Trinajstić information content (AvgIpc) is 2.87. The van der Waals surface area contributed by atoms with E-state index in [1.54, 1.807) is 12.1 Å². The Bertz CT molecular complexity index is 827. The normalized spacial score (nSPS) is 12.3. The second kappa shape index (κ2) is 3.63. The van der Waals surface area contributed by atoms with Crippen LogP contribution >= 0.6 is 0 Å². The SMILES string of the molecule is N/N=C(\N)c1ccc2c(c1)[nH]c(=O)c1cccn12. The Morgan fingerprint density at radius 3 is 2.89 bits per heavy atom. The summed E-state index contributed by atoms with van der Waals surface area (Å²) in [5.74, 6) is 5.37. The number of fused-ring (bicyclic) bond motifs is 3. The average molecular weight is 241 g/mol. The van der Waals surface area contributed by atoms with Gasteiger partial charge in [0.15, 0.2) is 0 Å². The molecule has 2 aromatic heterocycles. The van der Waals surface area contributed by atoms with E-state index in [4.69, 9.17) is 11.6 Å². The third-order valence-electron chi connectivity index (χ3n) is 2.92. The molecular formula is C12H11N5O. The number of amidine groups is 1. The van der Waals surface area contributed by atoms with Crippen LogP contribution in [-0.2, 0) is 0 Å². The Kier molecular flexibility index (Phi) is 2.09. The van der Waals surface area contributed by atoms with Crippen LogP contribution in [0.15, 0.2) is 46.4 Å². The molecule has 0 amide bonds. The van der Waals surface area contributed by atoms with E-state index in [0.717, 1.165) is 5.52 Å². The molecule has 0 radical (unpaired) electrons. The van der Waals surface area contributed by atoms with Crippen molar-refractivity contribution in [2.45, 2.75) is 0 Å². The van der Waals surface area contributed by atoms with Gasteiger partial charge in [0.2, 0.25) is 0 Å². The molecule has 0 saturated carbocycles. The summed E-state index contributed by atoms with van der Waals surface area (Å²) < 4.78 is 1.83. The molecule has 6 heteroatoms. The summed E-state index contributed by atoms with van der Waals surface area (Å²) in [7, 11) is 0. The van der Waals surface area contributed by atoms with E-state index >= 15 is 0 Å². The van der Waals surface area contributed by atoms with Crippen LogP contribution in [0.4, 0.5) is 0 Å². The quantitative estimate of drug-likeness (QED) is 0.248. The van der Waals surface area contributed by atoms with Gasteiger partial charge in [0, 0.05) is 11.8 Å². The number of nitrogens with one attached hydrogen (secondary N) is 1. The fourth-order valence-corrected chi connectivity index (χ4v) is 2.04. The summed E-state index contributed by atoms with van der Waals surface area (Å²) in [5.41, 5.74) is 8.36. The predicted octanol–water partition coefficient (Wildman–Crippen LogP) is 0.360. The van der Waals surface area contributed by atoms with Gasteiger partial charge in [0.25, 0.3) is 5.56 Å². The number of aromatic amines is 1. The maximum absolute atomic E-state index is 11.8. The number of H-pyrrole nitrogens is 1. The van der Waals surface area contributed by atoms with Crippen LogP contribution in [0, 0.1) is 0 Å². The molecule has 2 heterocycles. The standard InChI is InChI=1S/C12H11N5O/c13-11(16-14)7-3-4-9-8(6-7)15-12(18)10-2-1-5-17(9)10/h1-6H,14H2,(H2,13,16)(H,15,18). The van der Waals surface area contributed by atoms with Gasteiger partial charge in [-0.3, -0.25) is 4.79 Å². The maximum atomic E-state index is 11.8. The second-order valence-corrected chi connectivity index (χ2v) is 3.96. The molecule has 0 spiro atoms. The van der Waals surface area contributed by atoms with Gasteiger partial charge < -0.3 is 21.0 Å². The summed E-state index contributed by atoms with van der Waals surface area (Å²) in [4.78, 5) is 14.7. The molecule has 0 bridgehead atoms. The third-order valence-corrected chi connectivity index (χ3v) is 2.92. The number of nitrogens with zero attached hydrogens (tertiary/aromatic N) is 2. The molecule has 0 aliphatic heterocycles. The molecule has 1 aromatic carbocycles. The summed E-state index contributed by atoms with van der Waals surface area (Å²) >= 11 is 0. The van der Waals surface area contributed by atoms with Crippen LogP contribution in [0.1, 0.15) is 5.56 Å². The molecule has 0 unspecified atom stereocenters. The monoisotopic (exact) mass is 241 g/mol. The molecule has 0 fully saturated rings. The molecule has 0 atom stereocenters. The number of hydrogen-bond acceptors (Lipinski definition) is 3. The molecule has 3 aromatic rings. The van der Waals surface area contributed by atoms with Crippen LogP contribution in [0.5, 0.6) is 0 Å². The summed E-state index contributed by atoms with van der Waals surface area (Å²) in [6.07, 6.45) is 1.84. The van der Waals surface area contributed by atoms with Gasteiger partial charge in [-0.1, -0.05) is 0 Å². The van der Waals surface area contributed by atoms with E-state index in [1.807, 2.05) is 28.8 Å². The number of nitrogens with two attached hydrogens (primary N) is 2. The Labute approximate surface area is 102 Å². The zero-order valence-electron chi connectivity index (χ0n) is 9.42. The summed E-state index contributed by atoms with van der Waals surface area (Å²) in [5, 5.41) is 3.44. The number of benzene rings is 1. The van der Waals surface area contributed by atoms with Crippen LogP contribution in [0.2, 0.25) is 0 Å². The number of aromatic nitrogens is 2. The van der Waals surface area contributed by atoms with Gasteiger partial charge in [-0.15, -0.1) is 0 Å². The smallest absolute Gasteiger partial charge is 0.272 e. The van der Waals surface area contributed by atoms with E-state index in [-0.39, 0.29) is 11.4 Å². The van der Waals surface area contributed by atoms with Gasteiger partial charge in [0.05, 0.1) is 11.0 Å². The topological polar surface area (TPSA) is 102 Å². The fourth-order valence-electron chi connectivity index (χ4n) is 2.04. The lowest BCUT2D eigenvalue weighted by atomic mass is 10.2. The van der Waals surface area contributed by atoms with E-state index in [1.165, 1.54) is 0 Å². The zero-order valence-corrected chi connectivity index (χ0v) is 9.42. The zero-order chi connectivity index (χ0) is 12.7. The first kappa shape index (κ1) is 10.4. The molecule has 5 N–H and O–H groups in total. The molecule has 0 saturated heterocycles. The van der Waals surface area contributed by atoms with Crippen molar-refractivity contribution in [2.24, 2.45) is 16.7 Å². The van der Waals surface area contributed by atoms with Crippen LogP contribution in [-0.4, -0.2) is 15.2 Å². The van der Waals surface area contributed by atoms with Crippen molar-refractivity contribution < 1.29 is 0 Å². The fraction of sp³-hybridized carbons (Fsp3) is 0. The first-order valence-corrected chi connectivity index (χ1v) is 5.37. The van der Waals surface area contributed by atoms with Crippen molar-refractivity contribution in [2.75, 3.05) is 0 Å². The van der Waals surface area contributed by atoms with E-state index in [2.05, 4.69) is 10.1 Å². The third kappa shape index (κ3) is 1.36. The highest BCUT2D eigenvalue weighted by Crippen LogP contribution is 2.14. The Morgan fingerprint density at radius 2 is 2.11 bits per heavy atom. The molecule has 3 rings (SSSR count). The van der Waals surface area contributed by atoms with Crippen molar-refractivity contribution >= 4 is 22.4 Å². The highest BCUT2D eigenvalue weighted by molar-refractivity contribution is 6.00. The lowest BCUT2D eigenvalue weighted by molar-refractivity contribution is 1.18. The van der Waals surface area contributed by atoms with E-state index < -0.39 is 0 Å². The molecule has 0 aliphatic carbocycles. The minimum atomic E-state index is -0.145. The van der Waals surface area contributed by atoms with Gasteiger partial charge in [-0.05, 0) is 30.3 Å². The van der Waals surface area contributed by atoms with Crippen LogP contribution in [0.25, 0.3) is 16.6 Å². The van der Waals surface area contributed by atoms with Gasteiger partial charge in [-0.2, -0.15) is 5.10 Å². The molecule has 6 nitrogen and oxygen atoms in total. The molecule has 0 aliphatic rings. The largest absolute Gasteiger partial charge is 0.382 e. The molecule has 18 heavy (non-hydrogen) atoms. The highest BCUT2D eigenvalue weighted by atomic mass is 16.1.